The second kappa shape index (κ2) is 5.29. The second-order valence-corrected chi connectivity index (χ2v) is 3.92. The van der Waals surface area contributed by atoms with Crippen LogP contribution in [0.5, 0.6) is 0 Å². The predicted octanol–water partition coefficient (Wildman–Crippen LogP) is 1.70. The molecule has 85 valence electrons. The van der Waals surface area contributed by atoms with Crippen LogP contribution in [0.25, 0.3) is 0 Å². The van der Waals surface area contributed by atoms with Gasteiger partial charge in [0.1, 0.15) is 0 Å². The van der Waals surface area contributed by atoms with Crippen molar-refractivity contribution in [2.24, 2.45) is 0 Å². The van der Waals surface area contributed by atoms with Crippen molar-refractivity contribution in [2.75, 3.05) is 14.2 Å². The first-order valence-corrected chi connectivity index (χ1v) is 4.65. The van der Waals surface area contributed by atoms with Gasteiger partial charge in [-0.1, -0.05) is 0 Å². The van der Waals surface area contributed by atoms with Crippen LogP contribution in [0.1, 0.15) is 27.7 Å². The summed E-state index contributed by atoms with van der Waals surface area (Å²) in [6, 6.07) is 0. The molecule has 0 aromatic rings. The van der Waals surface area contributed by atoms with Gasteiger partial charge >= 0.3 is 86.2 Å². The summed E-state index contributed by atoms with van der Waals surface area (Å²) in [4.78, 5) is 0. The van der Waals surface area contributed by atoms with E-state index < -0.39 is 11.6 Å². The number of hydrogen-bond donors (Lipinski definition) is 0. The van der Waals surface area contributed by atoms with E-state index in [1.54, 1.807) is 41.9 Å². The third-order valence-electron chi connectivity index (χ3n) is 1.33. The average molecular weight is 242 g/mol. The van der Waals surface area contributed by atoms with Gasteiger partial charge in [-0.25, -0.2) is 0 Å². The maximum atomic E-state index is 5.20. The molecule has 0 rings (SSSR count). The molecule has 0 fully saturated rings. The van der Waals surface area contributed by atoms with E-state index in [0.29, 0.717) is 0 Å². The van der Waals surface area contributed by atoms with Crippen LogP contribution >= 0.6 is 0 Å². The molecule has 0 aliphatic rings. The van der Waals surface area contributed by atoms with Gasteiger partial charge in [-0.3, -0.25) is 0 Å². The van der Waals surface area contributed by atoms with Crippen LogP contribution in [0.4, 0.5) is 0 Å². The van der Waals surface area contributed by atoms with Crippen molar-refractivity contribution < 1.29 is 32.7 Å². The standard InChI is InChI=1S/2C4H9O2.Cu/c2*1-4(2,5)6-3;/h2*1-3H3;/q2*-1;+2. The summed E-state index contributed by atoms with van der Waals surface area (Å²) in [5.41, 5.74) is 0. The van der Waals surface area contributed by atoms with E-state index in [1.165, 1.54) is 0 Å². The third-order valence-corrected chi connectivity index (χ3v) is 2.41. The van der Waals surface area contributed by atoms with Crippen LogP contribution in [0.15, 0.2) is 0 Å². The molecule has 0 heterocycles. The van der Waals surface area contributed by atoms with Crippen LogP contribution in [0, 0.1) is 0 Å². The van der Waals surface area contributed by atoms with Crippen molar-refractivity contribution in [1.82, 2.24) is 0 Å². The molecule has 5 heteroatoms. The van der Waals surface area contributed by atoms with Crippen LogP contribution in [-0.2, 0) is 32.7 Å². The molecule has 13 heavy (non-hydrogen) atoms. The van der Waals surface area contributed by atoms with E-state index in [-0.39, 0.29) is 0 Å². The van der Waals surface area contributed by atoms with Crippen LogP contribution in [-0.4, -0.2) is 25.8 Å². The van der Waals surface area contributed by atoms with Crippen LogP contribution < -0.4 is 0 Å². The topological polar surface area (TPSA) is 36.9 Å². The Kier molecular flexibility index (Phi) is 5.44. The molecule has 0 amide bonds. The third kappa shape index (κ3) is 6.43. The Balaban J connectivity index is 3.68. The molecular weight excluding hydrogens is 224 g/mol. The van der Waals surface area contributed by atoms with Crippen molar-refractivity contribution >= 4 is 0 Å². The summed E-state index contributed by atoms with van der Waals surface area (Å²) >= 11 is 0.957. The maximum absolute atomic E-state index is 5.20. The summed E-state index contributed by atoms with van der Waals surface area (Å²) in [6.45, 7) is 7.17. The molecular formula is C8H18CuO4. The molecule has 0 aromatic heterocycles. The molecule has 0 aliphatic carbocycles. The van der Waals surface area contributed by atoms with Crippen molar-refractivity contribution in [3.8, 4) is 0 Å². The number of hydrogen-bond acceptors (Lipinski definition) is 4. The van der Waals surface area contributed by atoms with E-state index in [1.807, 2.05) is 0 Å². The normalized spacial score (nSPS) is 13.7. The zero-order valence-corrected chi connectivity index (χ0v) is 9.88. The molecule has 0 N–H and O–H groups in total. The van der Waals surface area contributed by atoms with E-state index in [9.17, 15) is 0 Å². The molecule has 0 unspecified atom stereocenters. The fraction of sp³-hybridized carbons (Fsp3) is 1.00. The number of rotatable bonds is 6. The summed E-state index contributed by atoms with van der Waals surface area (Å²) in [7, 11) is 3.14. The Morgan fingerprint density at radius 3 is 1.31 bits per heavy atom. The summed E-state index contributed by atoms with van der Waals surface area (Å²) in [6.07, 6.45) is 0. The first-order chi connectivity index (χ1) is 5.83. The Hall–Kier alpha value is 0.359. The van der Waals surface area contributed by atoms with Gasteiger partial charge in [-0.2, -0.15) is 0 Å². The fourth-order valence-electron chi connectivity index (χ4n) is 0.184. The summed E-state index contributed by atoms with van der Waals surface area (Å²) in [5.74, 6) is -1.33. The number of ether oxygens (including phenoxy) is 2. The summed E-state index contributed by atoms with van der Waals surface area (Å²) < 4.78 is 20.4. The van der Waals surface area contributed by atoms with Crippen LogP contribution in [0.3, 0.4) is 0 Å². The summed E-state index contributed by atoms with van der Waals surface area (Å²) in [5, 5.41) is 0. The first-order valence-electron chi connectivity index (χ1n) is 3.88. The molecule has 0 saturated heterocycles. The molecule has 0 radical (unpaired) electrons. The average Bonchev–Trinajstić information content (AvgIpc) is 2.04. The van der Waals surface area contributed by atoms with Gasteiger partial charge in [-0.15, -0.1) is 0 Å². The van der Waals surface area contributed by atoms with Gasteiger partial charge < -0.3 is 0 Å². The second-order valence-electron chi connectivity index (χ2n) is 3.38. The number of methoxy groups -OCH3 is 2. The molecule has 0 aromatic carbocycles. The monoisotopic (exact) mass is 241 g/mol. The minimum atomic E-state index is -0.663. The Bertz CT molecular complexity index is 131. The Morgan fingerprint density at radius 2 is 1.08 bits per heavy atom. The van der Waals surface area contributed by atoms with Crippen molar-refractivity contribution in [2.45, 2.75) is 39.3 Å². The molecule has 0 atom stereocenters. The van der Waals surface area contributed by atoms with Gasteiger partial charge in [0.15, 0.2) is 0 Å². The molecule has 0 aliphatic heterocycles. The van der Waals surface area contributed by atoms with Gasteiger partial charge in [0.2, 0.25) is 0 Å². The zero-order chi connectivity index (χ0) is 10.5. The molecule has 0 bridgehead atoms. The fourth-order valence-corrected chi connectivity index (χ4v) is 0.758. The predicted molar refractivity (Wildman–Crippen MR) is 44.3 cm³/mol. The van der Waals surface area contributed by atoms with Crippen molar-refractivity contribution in [3.63, 3.8) is 0 Å². The Morgan fingerprint density at radius 1 is 0.769 bits per heavy atom. The zero-order valence-electron chi connectivity index (χ0n) is 8.93. The molecule has 4 nitrogen and oxygen atoms in total. The van der Waals surface area contributed by atoms with E-state index >= 15 is 0 Å². The van der Waals surface area contributed by atoms with Crippen molar-refractivity contribution in [3.05, 3.63) is 0 Å². The first kappa shape index (κ1) is 13.4. The van der Waals surface area contributed by atoms with E-state index in [0.717, 1.165) is 15.6 Å². The van der Waals surface area contributed by atoms with Gasteiger partial charge in [0.05, 0.1) is 0 Å². The van der Waals surface area contributed by atoms with Gasteiger partial charge in [0, 0.05) is 0 Å². The van der Waals surface area contributed by atoms with E-state index in [2.05, 4.69) is 0 Å². The molecule has 0 spiro atoms. The van der Waals surface area contributed by atoms with Crippen molar-refractivity contribution in [1.29, 1.82) is 0 Å². The van der Waals surface area contributed by atoms with E-state index in [4.69, 9.17) is 17.1 Å². The quantitative estimate of drug-likeness (QED) is 0.524. The van der Waals surface area contributed by atoms with Gasteiger partial charge in [-0.05, 0) is 0 Å². The van der Waals surface area contributed by atoms with Crippen LogP contribution in [0.2, 0.25) is 0 Å². The Labute approximate surface area is 86.7 Å². The minimum absolute atomic E-state index is 0.663. The SMILES string of the molecule is COC(C)(C)[O][Cu][O]C(C)(C)OC. The van der Waals surface area contributed by atoms with Gasteiger partial charge in [0.25, 0.3) is 0 Å². The molecule has 0 saturated carbocycles.